The Hall–Kier alpha value is -1.69. The standard InChI is InChI=1S/C9H10O2S.C5H11NO2/c1-7(9(10)11)12-8-5-3-2-4-6-8;1-5(2,3)8-4(6)7/h2-7H,1H3,(H,10,11);1-3H3,(H2,6,7)/p-1. The quantitative estimate of drug-likeness (QED) is 0.859. The third kappa shape index (κ3) is 10.3. The molecule has 0 radical (unpaired) electrons. The Balaban J connectivity index is 0.000000396. The topological polar surface area (TPSA) is 92.5 Å². The number of aliphatic carboxylic acids is 1. The van der Waals surface area contributed by atoms with Crippen LogP contribution in [0.4, 0.5) is 4.79 Å². The SMILES string of the molecule is CC(C)(C)OC(N)=O.CC(Sc1ccccc1)C(=O)[O-]. The predicted molar refractivity (Wildman–Crippen MR) is 77.2 cm³/mol. The summed E-state index contributed by atoms with van der Waals surface area (Å²) in [7, 11) is 0. The van der Waals surface area contributed by atoms with Crippen LogP contribution in [0.25, 0.3) is 0 Å². The summed E-state index contributed by atoms with van der Waals surface area (Å²) in [5.41, 5.74) is 4.26. The van der Waals surface area contributed by atoms with Crippen LogP contribution in [0.5, 0.6) is 0 Å². The number of hydrogen-bond donors (Lipinski definition) is 1. The fraction of sp³-hybridized carbons (Fsp3) is 0.429. The fourth-order valence-corrected chi connectivity index (χ4v) is 1.87. The summed E-state index contributed by atoms with van der Waals surface area (Å²) in [4.78, 5) is 21.3. The summed E-state index contributed by atoms with van der Waals surface area (Å²) in [6, 6.07) is 9.41. The number of rotatable bonds is 3. The lowest BCUT2D eigenvalue weighted by Crippen LogP contribution is -2.31. The summed E-state index contributed by atoms with van der Waals surface area (Å²) in [6.07, 6.45) is -0.725. The summed E-state index contributed by atoms with van der Waals surface area (Å²) in [5, 5.41) is 9.88. The molecule has 0 saturated heterocycles. The van der Waals surface area contributed by atoms with E-state index in [9.17, 15) is 14.7 Å². The van der Waals surface area contributed by atoms with Crippen molar-refractivity contribution in [2.24, 2.45) is 5.73 Å². The van der Waals surface area contributed by atoms with Crippen LogP contribution >= 0.6 is 11.8 Å². The highest BCUT2D eigenvalue weighted by atomic mass is 32.2. The van der Waals surface area contributed by atoms with Crippen molar-refractivity contribution in [3.8, 4) is 0 Å². The fourth-order valence-electron chi connectivity index (χ4n) is 1.05. The molecule has 0 saturated carbocycles. The molecule has 20 heavy (non-hydrogen) atoms. The molecular formula is C14H20NO4S-. The summed E-state index contributed by atoms with van der Waals surface area (Å²) in [6.45, 7) is 6.90. The van der Waals surface area contributed by atoms with E-state index in [1.165, 1.54) is 11.8 Å². The molecule has 0 fully saturated rings. The van der Waals surface area contributed by atoms with Crippen molar-refractivity contribution >= 4 is 23.8 Å². The maximum absolute atomic E-state index is 10.4. The van der Waals surface area contributed by atoms with Gasteiger partial charge in [0.05, 0.1) is 5.97 Å². The van der Waals surface area contributed by atoms with Gasteiger partial charge in [-0.2, -0.15) is 0 Å². The second-order valence-electron chi connectivity index (χ2n) is 4.93. The average Bonchev–Trinajstić information content (AvgIpc) is 2.27. The monoisotopic (exact) mass is 298 g/mol. The van der Waals surface area contributed by atoms with Crippen LogP contribution in [0.1, 0.15) is 27.7 Å². The number of carboxylic acids is 1. The van der Waals surface area contributed by atoms with Crippen molar-refractivity contribution in [3.63, 3.8) is 0 Å². The lowest BCUT2D eigenvalue weighted by Gasteiger charge is -2.16. The van der Waals surface area contributed by atoms with Crippen LogP contribution in [0.2, 0.25) is 0 Å². The number of nitrogens with two attached hydrogens (primary N) is 1. The first-order valence-electron chi connectivity index (χ1n) is 6.03. The van der Waals surface area contributed by atoms with E-state index < -0.39 is 22.9 Å². The number of benzene rings is 1. The number of carbonyl (C=O) groups excluding carboxylic acids is 2. The Morgan fingerprint density at radius 1 is 1.25 bits per heavy atom. The van der Waals surface area contributed by atoms with Crippen LogP contribution in [0, 0.1) is 0 Å². The minimum absolute atomic E-state index is 0.453. The van der Waals surface area contributed by atoms with Gasteiger partial charge in [0.2, 0.25) is 0 Å². The maximum Gasteiger partial charge on any atom is 0.405 e. The van der Waals surface area contributed by atoms with E-state index in [-0.39, 0.29) is 0 Å². The molecule has 112 valence electrons. The van der Waals surface area contributed by atoms with E-state index in [1.54, 1.807) is 27.7 Å². The molecule has 1 rings (SSSR count). The van der Waals surface area contributed by atoms with Gasteiger partial charge in [0.25, 0.3) is 0 Å². The molecular weight excluding hydrogens is 278 g/mol. The lowest BCUT2D eigenvalue weighted by atomic mass is 10.2. The van der Waals surface area contributed by atoms with Gasteiger partial charge < -0.3 is 20.4 Å². The number of thioether (sulfide) groups is 1. The molecule has 0 spiro atoms. The van der Waals surface area contributed by atoms with Gasteiger partial charge in [-0.1, -0.05) is 18.2 Å². The molecule has 2 N–H and O–H groups in total. The summed E-state index contributed by atoms with van der Waals surface area (Å²) < 4.78 is 4.58. The minimum atomic E-state index is -1.02. The third-order valence-electron chi connectivity index (χ3n) is 1.79. The van der Waals surface area contributed by atoms with Crippen molar-refractivity contribution in [2.45, 2.75) is 43.4 Å². The van der Waals surface area contributed by atoms with Crippen molar-refractivity contribution in [3.05, 3.63) is 30.3 Å². The largest absolute Gasteiger partial charge is 0.549 e. The number of amides is 1. The first-order chi connectivity index (χ1) is 9.11. The molecule has 6 heteroatoms. The Morgan fingerprint density at radius 3 is 2.05 bits per heavy atom. The summed E-state index contributed by atoms with van der Waals surface area (Å²) in [5.74, 6) is -1.02. The van der Waals surface area contributed by atoms with Crippen LogP contribution in [-0.2, 0) is 9.53 Å². The number of primary amides is 1. The minimum Gasteiger partial charge on any atom is -0.549 e. The van der Waals surface area contributed by atoms with E-state index >= 15 is 0 Å². The smallest absolute Gasteiger partial charge is 0.405 e. The molecule has 0 aliphatic heterocycles. The number of ether oxygens (including phenoxy) is 1. The summed E-state index contributed by atoms with van der Waals surface area (Å²) >= 11 is 1.29. The zero-order valence-corrected chi connectivity index (χ0v) is 12.9. The van der Waals surface area contributed by atoms with Gasteiger partial charge in [0.15, 0.2) is 0 Å². The van der Waals surface area contributed by atoms with E-state index in [0.717, 1.165) is 4.90 Å². The van der Waals surface area contributed by atoms with Crippen molar-refractivity contribution < 1.29 is 19.4 Å². The lowest BCUT2D eigenvalue weighted by molar-refractivity contribution is -0.304. The highest BCUT2D eigenvalue weighted by Crippen LogP contribution is 2.21. The molecule has 0 heterocycles. The molecule has 1 amide bonds. The van der Waals surface area contributed by atoms with E-state index in [2.05, 4.69) is 4.74 Å². The first kappa shape index (κ1) is 18.3. The van der Waals surface area contributed by atoms with Gasteiger partial charge in [0.1, 0.15) is 5.60 Å². The van der Waals surface area contributed by atoms with Gasteiger partial charge in [0, 0.05) is 10.1 Å². The Morgan fingerprint density at radius 2 is 1.75 bits per heavy atom. The Labute approximate surface area is 123 Å². The predicted octanol–water partition coefficient (Wildman–Crippen LogP) is 1.80. The molecule has 1 aromatic rings. The zero-order valence-electron chi connectivity index (χ0n) is 12.1. The Bertz CT molecular complexity index is 429. The third-order valence-corrected chi connectivity index (χ3v) is 2.89. The molecule has 0 aliphatic rings. The van der Waals surface area contributed by atoms with Crippen molar-refractivity contribution in [1.29, 1.82) is 0 Å². The van der Waals surface area contributed by atoms with Crippen molar-refractivity contribution in [1.82, 2.24) is 0 Å². The van der Waals surface area contributed by atoms with E-state index in [0.29, 0.717) is 0 Å². The molecule has 1 aromatic carbocycles. The van der Waals surface area contributed by atoms with Crippen LogP contribution in [0.15, 0.2) is 35.2 Å². The highest BCUT2D eigenvalue weighted by Gasteiger charge is 2.12. The number of carbonyl (C=O) groups is 2. The molecule has 5 nitrogen and oxygen atoms in total. The van der Waals surface area contributed by atoms with Crippen molar-refractivity contribution in [2.75, 3.05) is 0 Å². The number of carboxylic acid groups (broad SMARTS) is 1. The second-order valence-corrected chi connectivity index (χ2v) is 6.34. The number of hydrogen-bond acceptors (Lipinski definition) is 5. The maximum atomic E-state index is 10.4. The van der Waals surface area contributed by atoms with Crippen LogP contribution in [-0.4, -0.2) is 22.9 Å². The zero-order chi connectivity index (χ0) is 15.8. The highest BCUT2D eigenvalue weighted by molar-refractivity contribution is 8.00. The molecule has 1 unspecified atom stereocenters. The van der Waals surface area contributed by atoms with Gasteiger partial charge in [-0.05, 0) is 39.8 Å². The van der Waals surface area contributed by atoms with Crippen LogP contribution in [0.3, 0.4) is 0 Å². The average molecular weight is 298 g/mol. The van der Waals surface area contributed by atoms with Gasteiger partial charge in [-0.15, -0.1) is 11.8 Å². The van der Waals surface area contributed by atoms with E-state index in [4.69, 9.17) is 5.73 Å². The van der Waals surface area contributed by atoms with E-state index in [1.807, 2.05) is 30.3 Å². The molecule has 0 aliphatic carbocycles. The molecule has 0 aromatic heterocycles. The second kappa shape index (κ2) is 8.47. The molecule has 1 atom stereocenters. The molecule has 0 bridgehead atoms. The van der Waals surface area contributed by atoms with Gasteiger partial charge in [-0.3, -0.25) is 0 Å². The normalized spacial score (nSPS) is 11.8. The van der Waals surface area contributed by atoms with Crippen LogP contribution < -0.4 is 10.8 Å². The first-order valence-corrected chi connectivity index (χ1v) is 6.91. The Kier molecular flexibility index (Phi) is 7.76. The van der Waals surface area contributed by atoms with Gasteiger partial charge in [-0.25, -0.2) is 4.79 Å². The van der Waals surface area contributed by atoms with Gasteiger partial charge >= 0.3 is 6.09 Å².